The maximum Gasteiger partial charge on any atom is 0.354 e. The van der Waals surface area contributed by atoms with Crippen molar-refractivity contribution < 1.29 is 28.5 Å². The van der Waals surface area contributed by atoms with Crippen LogP contribution in [0.3, 0.4) is 0 Å². The minimum atomic E-state index is -1.90. The normalized spacial score (nSPS) is 16.3. The Morgan fingerprint density at radius 1 is 1.16 bits per heavy atom. The van der Waals surface area contributed by atoms with E-state index in [1.165, 1.54) is 7.11 Å². The molecule has 1 fully saturated rings. The van der Waals surface area contributed by atoms with Crippen molar-refractivity contribution in [2.24, 2.45) is 0 Å². The number of fused-ring (bicyclic) bond motifs is 1. The van der Waals surface area contributed by atoms with Gasteiger partial charge in [-0.25, -0.2) is 4.79 Å². The van der Waals surface area contributed by atoms with Crippen LogP contribution in [0.4, 0.5) is 0 Å². The van der Waals surface area contributed by atoms with Gasteiger partial charge < -0.3 is 28.3 Å². The van der Waals surface area contributed by atoms with Gasteiger partial charge in [-0.15, -0.1) is 0 Å². The van der Waals surface area contributed by atoms with E-state index in [1.807, 2.05) is 30.5 Å². The lowest BCUT2D eigenvalue weighted by Gasteiger charge is -2.36. The Bertz CT molecular complexity index is 1440. The van der Waals surface area contributed by atoms with E-state index in [1.54, 1.807) is 4.68 Å². The van der Waals surface area contributed by atoms with Crippen molar-refractivity contribution in [3.63, 3.8) is 0 Å². The summed E-state index contributed by atoms with van der Waals surface area (Å²) in [6, 6.07) is 3.80. The molecule has 0 aliphatic carbocycles. The molecule has 3 heterocycles. The fourth-order valence-electron chi connectivity index (χ4n) is 5.63. The zero-order chi connectivity index (χ0) is 31.5. The summed E-state index contributed by atoms with van der Waals surface area (Å²) in [7, 11) is -0.496. The van der Waals surface area contributed by atoms with Crippen LogP contribution in [0.2, 0.25) is 23.2 Å². The van der Waals surface area contributed by atoms with Crippen LogP contribution in [0.1, 0.15) is 73.9 Å². The summed E-state index contributed by atoms with van der Waals surface area (Å²) < 4.78 is 27.1. The summed E-state index contributed by atoms with van der Waals surface area (Å²) in [5.41, 5.74) is 5.05. The van der Waals surface area contributed by atoms with Gasteiger partial charge in [-0.3, -0.25) is 4.68 Å². The van der Waals surface area contributed by atoms with Gasteiger partial charge in [0.05, 0.1) is 38.3 Å². The second kappa shape index (κ2) is 13.8. The summed E-state index contributed by atoms with van der Waals surface area (Å²) in [5, 5.41) is 16.8. The van der Waals surface area contributed by atoms with Crippen molar-refractivity contribution >= 4 is 36.8 Å². The number of hydrogen-bond donors (Lipinski definition) is 1. The number of benzene rings is 1. The number of aliphatic hydroxyl groups excluding tert-OH is 1. The van der Waals surface area contributed by atoms with Crippen molar-refractivity contribution in [2.45, 2.75) is 104 Å². The Morgan fingerprint density at radius 2 is 1.91 bits per heavy atom. The fourth-order valence-corrected chi connectivity index (χ4v) is 6.97. The Labute approximate surface area is 261 Å². The molecule has 0 spiro atoms. The molecular formula is C32H48ClN3O6Si. The molecule has 11 heteroatoms. The molecule has 0 saturated carbocycles. The van der Waals surface area contributed by atoms with Gasteiger partial charge in [0.2, 0.25) is 0 Å². The molecule has 1 unspecified atom stereocenters. The van der Waals surface area contributed by atoms with Crippen LogP contribution in [0.25, 0.3) is 22.0 Å². The molecule has 1 atom stereocenters. The second-order valence-electron chi connectivity index (χ2n) is 12.9. The molecule has 238 valence electrons. The minimum absolute atomic E-state index is 0.120. The highest BCUT2D eigenvalue weighted by Crippen LogP contribution is 2.43. The molecule has 1 saturated heterocycles. The topological polar surface area (TPSA) is 97.0 Å². The van der Waals surface area contributed by atoms with Crippen molar-refractivity contribution in [3.05, 3.63) is 39.8 Å². The highest BCUT2D eigenvalue weighted by atomic mass is 35.5. The summed E-state index contributed by atoms with van der Waals surface area (Å²) in [5.74, 6) is -0.405. The van der Waals surface area contributed by atoms with Crippen LogP contribution < -0.4 is 0 Å². The Hall–Kier alpha value is -2.21. The number of carbonyl (C=O) groups excluding carboxylic acids is 1. The lowest BCUT2D eigenvalue weighted by Crippen LogP contribution is -2.41. The van der Waals surface area contributed by atoms with Gasteiger partial charge in [-0.2, -0.15) is 5.10 Å². The van der Waals surface area contributed by atoms with Crippen LogP contribution >= 0.6 is 11.6 Å². The number of esters is 1. The molecule has 43 heavy (non-hydrogen) atoms. The summed E-state index contributed by atoms with van der Waals surface area (Å²) >= 11 is 6.92. The fraction of sp³-hybridized carbons (Fsp3) is 0.625. The van der Waals surface area contributed by atoms with Crippen LogP contribution in [0.5, 0.6) is 0 Å². The molecule has 1 aliphatic heterocycles. The molecule has 0 radical (unpaired) electrons. The van der Waals surface area contributed by atoms with Gasteiger partial charge in [0.1, 0.15) is 5.69 Å². The van der Waals surface area contributed by atoms with Gasteiger partial charge in [-0.05, 0) is 75.4 Å². The van der Waals surface area contributed by atoms with Gasteiger partial charge >= 0.3 is 5.97 Å². The zero-order valence-corrected chi connectivity index (χ0v) is 28.8. The van der Waals surface area contributed by atoms with E-state index in [0.717, 1.165) is 65.6 Å². The van der Waals surface area contributed by atoms with E-state index in [4.69, 9.17) is 35.3 Å². The number of aryl methyl sites for hydroxylation is 3. The Morgan fingerprint density at radius 3 is 2.53 bits per heavy atom. The minimum Gasteiger partial charge on any atom is -0.464 e. The number of rotatable bonds is 12. The lowest BCUT2D eigenvalue weighted by atomic mass is 9.97. The number of hydrogen-bond acceptors (Lipinski definition) is 7. The lowest BCUT2D eigenvalue weighted by molar-refractivity contribution is -0.163. The van der Waals surface area contributed by atoms with Gasteiger partial charge in [0.15, 0.2) is 14.6 Å². The second-order valence-corrected chi connectivity index (χ2v) is 18.1. The average Bonchev–Trinajstić information content (AvgIpc) is 3.43. The molecule has 1 N–H and O–H groups in total. The molecule has 0 amide bonds. The first kappa shape index (κ1) is 33.7. The summed E-state index contributed by atoms with van der Waals surface area (Å²) in [4.78, 5) is 13.1. The number of aliphatic hydroxyl groups is 1. The van der Waals surface area contributed by atoms with E-state index in [-0.39, 0.29) is 17.9 Å². The maximum absolute atomic E-state index is 13.1. The highest BCUT2D eigenvalue weighted by Gasteiger charge is 2.37. The van der Waals surface area contributed by atoms with Crippen molar-refractivity contribution in [1.29, 1.82) is 0 Å². The molecule has 1 aliphatic rings. The van der Waals surface area contributed by atoms with E-state index < -0.39 is 14.3 Å². The maximum atomic E-state index is 13.1. The smallest absolute Gasteiger partial charge is 0.354 e. The molecule has 0 bridgehead atoms. The number of ether oxygens (including phenoxy) is 3. The van der Waals surface area contributed by atoms with Crippen molar-refractivity contribution in [2.75, 3.05) is 26.9 Å². The molecule has 1 aromatic carbocycles. The van der Waals surface area contributed by atoms with E-state index in [0.29, 0.717) is 42.7 Å². The van der Waals surface area contributed by atoms with E-state index in [9.17, 15) is 9.90 Å². The molecule has 3 aromatic rings. The number of carbonyl (C=O) groups is 1. The number of methoxy groups -OCH3 is 1. The Balaban J connectivity index is 1.71. The van der Waals surface area contributed by atoms with Gasteiger partial charge in [0.25, 0.3) is 0 Å². The summed E-state index contributed by atoms with van der Waals surface area (Å²) in [6.45, 7) is 17.6. The average molecular weight is 634 g/mol. The quantitative estimate of drug-likeness (QED) is 0.130. The number of nitrogens with zero attached hydrogens (tertiary/aromatic N) is 3. The molecule has 4 rings (SSSR count). The van der Waals surface area contributed by atoms with Crippen LogP contribution in [-0.4, -0.2) is 67.0 Å². The molecule has 9 nitrogen and oxygen atoms in total. The van der Waals surface area contributed by atoms with Crippen LogP contribution in [0, 0.1) is 13.8 Å². The Kier molecular flexibility index (Phi) is 10.8. The first-order chi connectivity index (χ1) is 20.3. The van der Waals surface area contributed by atoms with Crippen molar-refractivity contribution in [1.82, 2.24) is 14.3 Å². The number of aromatic nitrogens is 3. The predicted molar refractivity (Wildman–Crippen MR) is 172 cm³/mol. The van der Waals surface area contributed by atoms with Crippen molar-refractivity contribution in [3.8, 4) is 11.1 Å². The van der Waals surface area contributed by atoms with Crippen LogP contribution in [-0.2, 0) is 38.3 Å². The third kappa shape index (κ3) is 7.05. The number of halogens is 1. The highest BCUT2D eigenvalue weighted by molar-refractivity contribution is 6.74. The van der Waals surface area contributed by atoms with Gasteiger partial charge in [0, 0.05) is 46.8 Å². The third-order valence-corrected chi connectivity index (χ3v) is 13.8. The first-order valence-electron chi connectivity index (χ1n) is 15.3. The molecular weight excluding hydrogens is 586 g/mol. The van der Waals surface area contributed by atoms with E-state index in [2.05, 4.69) is 33.9 Å². The largest absolute Gasteiger partial charge is 0.464 e. The van der Waals surface area contributed by atoms with Crippen LogP contribution in [0.15, 0.2) is 12.1 Å². The summed E-state index contributed by atoms with van der Waals surface area (Å²) in [6.07, 6.45) is 3.58. The molecule has 2 aromatic heterocycles. The zero-order valence-electron chi connectivity index (χ0n) is 27.0. The first-order valence-corrected chi connectivity index (χ1v) is 18.5. The van der Waals surface area contributed by atoms with E-state index >= 15 is 0 Å². The SMILES string of the molecule is COC(=O)c1c(C)c2c(-c3c(C)nn(CCOC4CCCCO4)c3CO)c(Cl)ccc2n1CCCO[Si](C)(C)C(C)(C)C. The third-order valence-electron chi connectivity index (χ3n) is 8.97. The van der Waals surface area contributed by atoms with Gasteiger partial charge in [-0.1, -0.05) is 32.4 Å². The monoisotopic (exact) mass is 633 g/mol. The predicted octanol–water partition coefficient (Wildman–Crippen LogP) is 7.01. The standard InChI is InChI=1S/C32H48ClN3O6Si/c1-21-27-24(35(30(21)31(38)39-6)15-11-18-42-43(7,8)32(3,4)5)14-13-23(33)29(27)28-22(2)34-36(25(28)20-37)16-19-41-26-12-9-10-17-40-26/h13-14,26,37H,9-12,15-20H2,1-8H3.